The van der Waals surface area contributed by atoms with Crippen LogP contribution in [0.1, 0.15) is 17.0 Å². The Balaban J connectivity index is 2.11. The molecule has 3 heteroatoms. The Morgan fingerprint density at radius 2 is 1.90 bits per heavy atom. The summed E-state index contributed by atoms with van der Waals surface area (Å²) in [6.07, 6.45) is 0. The number of rotatable bonds is 5. The Morgan fingerprint density at radius 1 is 1.15 bits per heavy atom. The Hall–Kier alpha value is -1.74. The summed E-state index contributed by atoms with van der Waals surface area (Å²) in [5.41, 5.74) is 2.23. The van der Waals surface area contributed by atoms with Gasteiger partial charge < -0.3 is 4.74 Å². The lowest BCUT2D eigenvalue weighted by Crippen LogP contribution is -2.16. The fourth-order valence-electron chi connectivity index (χ4n) is 2.01. The minimum Gasteiger partial charge on any atom is -0.469 e. The first-order chi connectivity index (χ1) is 9.70. The summed E-state index contributed by atoms with van der Waals surface area (Å²) in [5, 5.41) is 0. The first-order valence-electron chi connectivity index (χ1n) is 6.53. The summed E-state index contributed by atoms with van der Waals surface area (Å²) < 4.78 is 4.93. The van der Waals surface area contributed by atoms with Gasteiger partial charge in [-0.25, -0.2) is 0 Å². The summed E-state index contributed by atoms with van der Waals surface area (Å²) in [6, 6.07) is 18.1. The molecular weight excluding hydrogens is 268 g/mol. The lowest BCUT2D eigenvalue weighted by molar-refractivity contribution is -0.141. The number of hydrogen-bond donors (Lipinski definition) is 0. The summed E-state index contributed by atoms with van der Waals surface area (Å²) in [7, 11) is 1.44. The molecule has 2 aromatic rings. The van der Waals surface area contributed by atoms with Crippen molar-refractivity contribution in [2.75, 3.05) is 12.9 Å². The van der Waals surface area contributed by atoms with E-state index in [4.69, 9.17) is 4.74 Å². The molecule has 0 saturated carbocycles. The molecule has 2 rings (SSSR count). The lowest BCUT2D eigenvalue weighted by Gasteiger charge is -2.14. The number of thioether (sulfide) groups is 1. The quantitative estimate of drug-likeness (QED) is 0.613. The van der Waals surface area contributed by atoms with E-state index in [9.17, 15) is 4.79 Å². The molecule has 1 unspecified atom stereocenters. The monoisotopic (exact) mass is 286 g/mol. The molecular formula is C17H18O2S. The van der Waals surface area contributed by atoms with Crippen LogP contribution < -0.4 is 0 Å². The van der Waals surface area contributed by atoms with E-state index in [0.29, 0.717) is 5.75 Å². The molecule has 0 N–H and O–H groups in total. The molecule has 20 heavy (non-hydrogen) atoms. The highest BCUT2D eigenvalue weighted by atomic mass is 32.2. The summed E-state index contributed by atoms with van der Waals surface area (Å²) >= 11 is 1.68. The smallest absolute Gasteiger partial charge is 0.313 e. The fraction of sp³-hybridized carbons (Fsp3) is 0.235. The zero-order valence-electron chi connectivity index (χ0n) is 11.7. The molecule has 0 spiro atoms. The Kier molecular flexibility index (Phi) is 5.24. The standard InChI is InChI=1S/C17H18O2S/c1-13-7-6-10-15(11-13)20-12-16(17(18)19-2)14-8-4-3-5-9-14/h3-11,16H,12H2,1-2H3. The number of esters is 1. The molecule has 104 valence electrons. The van der Waals surface area contributed by atoms with E-state index in [0.717, 1.165) is 5.56 Å². The van der Waals surface area contributed by atoms with Crippen molar-refractivity contribution in [3.8, 4) is 0 Å². The maximum Gasteiger partial charge on any atom is 0.313 e. The van der Waals surface area contributed by atoms with Gasteiger partial charge in [0.1, 0.15) is 0 Å². The van der Waals surface area contributed by atoms with Gasteiger partial charge in [-0.1, -0.05) is 48.0 Å². The first kappa shape index (κ1) is 14.7. The third kappa shape index (κ3) is 3.87. The lowest BCUT2D eigenvalue weighted by atomic mass is 10.0. The molecule has 0 bridgehead atoms. The second-order valence-corrected chi connectivity index (χ2v) is 5.71. The van der Waals surface area contributed by atoms with E-state index in [1.165, 1.54) is 17.6 Å². The van der Waals surface area contributed by atoms with Gasteiger partial charge in [0.15, 0.2) is 0 Å². The molecule has 2 nitrogen and oxygen atoms in total. The van der Waals surface area contributed by atoms with E-state index >= 15 is 0 Å². The number of hydrogen-bond acceptors (Lipinski definition) is 3. The summed E-state index contributed by atoms with van der Waals surface area (Å²) in [6.45, 7) is 2.07. The van der Waals surface area contributed by atoms with Crippen LogP contribution in [0.3, 0.4) is 0 Å². The minimum atomic E-state index is -0.230. The number of aryl methyl sites for hydroxylation is 1. The molecule has 0 heterocycles. The second-order valence-electron chi connectivity index (χ2n) is 4.61. The summed E-state index contributed by atoms with van der Waals surface area (Å²) in [4.78, 5) is 13.1. The number of methoxy groups -OCH3 is 1. The zero-order valence-corrected chi connectivity index (χ0v) is 12.5. The molecule has 0 radical (unpaired) electrons. The molecule has 0 aliphatic rings. The maximum absolute atomic E-state index is 12.0. The zero-order chi connectivity index (χ0) is 14.4. The number of ether oxygens (including phenoxy) is 1. The van der Waals surface area contributed by atoms with Crippen molar-refractivity contribution in [2.24, 2.45) is 0 Å². The molecule has 0 aliphatic carbocycles. The van der Waals surface area contributed by atoms with Crippen LogP contribution in [0.5, 0.6) is 0 Å². The summed E-state index contributed by atoms with van der Waals surface area (Å²) in [5.74, 6) is 0.267. The second kappa shape index (κ2) is 7.15. The largest absolute Gasteiger partial charge is 0.469 e. The van der Waals surface area contributed by atoms with Crippen molar-refractivity contribution in [3.05, 3.63) is 65.7 Å². The van der Waals surface area contributed by atoms with Gasteiger partial charge in [-0.2, -0.15) is 0 Å². The van der Waals surface area contributed by atoms with Crippen LogP contribution in [0.2, 0.25) is 0 Å². The highest BCUT2D eigenvalue weighted by molar-refractivity contribution is 7.99. The molecule has 1 atom stereocenters. The molecule has 0 saturated heterocycles. The predicted molar refractivity (Wildman–Crippen MR) is 83.1 cm³/mol. The van der Waals surface area contributed by atoms with Crippen molar-refractivity contribution in [3.63, 3.8) is 0 Å². The first-order valence-corrected chi connectivity index (χ1v) is 7.51. The number of carbonyl (C=O) groups is 1. The highest BCUT2D eigenvalue weighted by Crippen LogP contribution is 2.27. The normalized spacial score (nSPS) is 11.9. The molecule has 0 aliphatic heterocycles. The van der Waals surface area contributed by atoms with Gasteiger partial charge >= 0.3 is 5.97 Å². The molecule has 0 aromatic heterocycles. The molecule has 2 aromatic carbocycles. The van der Waals surface area contributed by atoms with Gasteiger partial charge in [-0.05, 0) is 24.6 Å². The van der Waals surface area contributed by atoms with Crippen molar-refractivity contribution in [2.45, 2.75) is 17.7 Å². The average Bonchev–Trinajstić information content (AvgIpc) is 2.48. The number of carbonyl (C=O) groups excluding carboxylic acids is 1. The van der Waals surface area contributed by atoms with Crippen molar-refractivity contribution in [1.82, 2.24) is 0 Å². The van der Waals surface area contributed by atoms with Crippen LogP contribution >= 0.6 is 11.8 Å². The highest BCUT2D eigenvalue weighted by Gasteiger charge is 2.21. The Morgan fingerprint density at radius 3 is 2.55 bits per heavy atom. The Bertz CT molecular complexity index is 566. The average molecular weight is 286 g/mol. The molecule has 0 amide bonds. The van der Waals surface area contributed by atoms with Crippen LogP contribution in [-0.4, -0.2) is 18.8 Å². The van der Waals surface area contributed by atoms with Gasteiger partial charge in [0, 0.05) is 10.6 Å². The minimum absolute atomic E-state index is 0.184. The van der Waals surface area contributed by atoms with E-state index in [1.807, 2.05) is 36.4 Å². The Labute approximate surface area is 124 Å². The predicted octanol–water partition coefficient (Wildman–Crippen LogP) is 4.04. The van der Waals surface area contributed by atoms with Gasteiger partial charge in [0.05, 0.1) is 13.0 Å². The van der Waals surface area contributed by atoms with Crippen LogP contribution in [0.25, 0.3) is 0 Å². The fourth-order valence-corrected chi connectivity index (χ4v) is 3.14. The van der Waals surface area contributed by atoms with Crippen molar-refractivity contribution >= 4 is 17.7 Å². The van der Waals surface area contributed by atoms with E-state index in [-0.39, 0.29) is 11.9 Å². The van der Waals surface area contributed by atoms with Gasteiger partial charge in [0.25, 0.3) is 0 Å². The van der Waals surface area contributed by atoms with Crippen LogP contribution in [0.4, 0.5) is 0 Å². The third-order valence-corrected chi connectivity index (χ3v) is 4.18. The van der Waals surface area contributed by atoms with Crippen LogP contribution in [0.15, 0.2) is 59.5 Å². The van der Waals surface area contributed by atoms with Gasteiger partial charge in [-0.3, -0.25) is 4.79 Å². The van der Waals surface area contributed by atoms with E-state index in [1.54, 1.807) is 11.8 Å². The maximum atomic E-state index is 12.0. The number of benzene rings is 2. The van der Waals surface area contributed by atoms with Crippen molar-refractivity contribution < 1.29 is 9.53 Å². The van der Waals surface area contributed by atoms with E-state index < -0.39 is 0 Å². The topological polar surface area (TPSA) is 26.3 Å². The van der Waals surface area contributed by atoms with Crippen LogP contribution in [0, 0.1) is 6.92 Å². The van der Waals surface area contributed by atoms with Crippen molar-refractivity contribution in [1.29, 1.82) is 0 Å². The van der Waals surface area contributed by atoms with Crippen LogP contribution in [-0.2, 0) is 9.53 Å². The molecule has 0 fully saturated rings. The third-order valence-electron chi connectivity index (χ3n) is 3.09. The van der Waals surface area contributed by atoms with Gasteiger partial charge in [0.2, 0.25) is 0 Å². The SMILES string of the molecule is COC(=O)C(CSc1cccc(C)c1)c1ccccc1. The van der Waals surface area contributed by atoms with Gasteiger partial charge in [-0.15, -0.1) is 11.8 Å². The van der Waals surface area contributed by atoms with E-state index in [2.05, 4.69) is 25.1 Å².